The quantitative estimate of drug-likeness (QED) is 0.678. The summed E-state index contributed by atoms with van der Waals surface area (Å²) in [4.78, 5) is 17.4. The number of carbonyl (C=O) groups is 1. The lowest BCUT2D eigenvalue weighted by molar-refractivity contribution is -0.164. The highest BCUT2D eigenvalue weighted by molar-refractivity contribution is 5.93. The van der Waals surface area contributed by atoms with Crippen molar-refractivity contribution in [1.82, 2.24) is 5.06 Å². The Bertz CT molecular complexity index is 753. The Morgan fingerprint density at radius 3 is 2.57 bits per heavy atom. The minimum absolute atomic E-state index is 0.00912. The summed E-state index contributed by atoms with van der Waals surface area (Å²) in [7, 11) is 4.90. The summed E-state index contributed by atoms with van der Waals surface area (Å²) in [5.41, 5.74) is 2.23. The van der Waals surface area contributed by atoms with Gasteiger partial charge in [-0.25, -0.2) is 5.06 Å². The van der Waals surface area contributed by atoms with Gasteiger partial charge in [-0.1, -0.05) is 12.1 Å². The molecule has 5 nitrogen and oxygen atoms in total. The van der Waals surface area contributed by atoms with Gasteiger partial charge in [0.05, 0.1) is 20.3 Å². The fourth-order valence-electron chi connectivity index (χ4n) is 5.15. The van der Waals surface area contributed by atoms with Gasteiger partial charge in [0.25, 0.3) is 5.91 Å². The van der Waals surface area contributed by atoms with Gasteiger partial charge in [-0.3, -0.25) is 9.63 Å². The van der Waals surface area contributed by atoms with Crippen LogP contribution in [0.1, 0.15) is 56.4 Å². The normalized spacial score (nSPS) is 26.8. The molecule has 0 bridgehead atoms. The molecule has 4 rings (SSSR count). The van der Waals surface area contributed by atoms with Gasteiger partial charge in [-0.15, -0.1) is 0 Å². The van der Waals surface area contributed by atoms with Gasteiger partial charge in [-0.2, -0.15) is 0 Å². The van der Waals surface area contributed by atoms with Crippen LogP contribution in [0.2, 0.25) is 0 Å². The fourth-order valence-corrected chi connectivity index (χ4v) is 5.15. The first-order chi connectivity index (χ1) is 13.6. The maximum Gasteiger partial charge on any atom is 0.272 e. The van der Waals surface area contributed by atoms with E-state index in [1.165, 1.54) is 30.6 Å². The van der Waals surface area contributed by atoms with Gasteiger partial charge in [0.1, 0.15) is 0 Å². The summed E-state index contributed by atoms with van der Waals surface area (Å²) >= 11 is 0. The van der Waals surface area contributed by atoms with E-state index in [0.29, 0.717) is 23.9 Å². The molecule has 28 heavy (non-hydrogen) atoms. The van der Waals surface area contributed by atoms with E-state index in [1.807, 2.05) is 6.07 Å². The topological polar surface area (TPSA) is 48.0 Å². The van der Waals surface area contributed by atoms with Gasteiger partial charge >= 0.3 is 0 Å². The summed E-state index contributed by atoms with van der Waals surface area (Å²) in [6.07, 6.45) is 10.3. The Morgan fingerprint density at radius 1 is 1.11 bits per heavy atom. The van der Waals surface area contributed by atoms with E-state index in [1.54, 1.807) is 14.2 Å². The van der Waals surface area contributed by atoms with E-state index in [4.69, 9.17) is 14.3 Å². The van der Waals surface area contributed by atoms with E-state index in [9.17, 15) is 4.79 Å². The molecule has 3 aliphatic rings. The molecule has 2 fully saturated rings. The second kappa shape index (κ2) is 8.16. The van der Waals surface area contributed by atoms with E-state index in [-0.39, 0.29) is 5.91 Å². The maximum absolute atomic E-state index is 12.3. The predicted octanol–water partition coefficient (Wildman–Crippen LogP) is 4.48. The first-order valence-corrected chi connectivity index (χ1v) is 10.5. The van der Waals surface area contributed by atoms with E-state index in [0.717, 1.165) is 49.2 Å². The molecule has 0 saturated heterocycles. The number of benzene rings is 1. The average Bonchev–Trinajstić information content (AvgIpc) is 3.43. The van der Waals surface area contributed by atoms with Crippen LogP contribution < -0.4 is 9.47 Å². The van der Waals surface area contributed by atoms with Crippen molar-refractivity contribution in [2.24, 2.45) is 11.8 Å². The Hall–Kier alpha value is -2.01. The first kappa shape index (κ1) is 19.3. The fraction of sp³-hybridized carbons (Fsp3) is 0.609. The lowest BCUT2D eigenvalue weighted by Crippen LogP contribution is -2.26. The van der Waals surface area contributed by atoms with Gasteiger partial charge < -0.3 is 9.47 Å². The van der Waals surface area contributed by atoms with Crippen LogP contribution in [-0.2, 0) is 9.63 Å². The molecule has 3 aliphatic carbocycles. The zero-order valence-electron chi connectivity index (χ0n) is 17.1. The second-order valence-corrected chi connectivity index (χ2v) is 8.41. The number of hydrogen-bond donors (Lipinski definition) is 0. The molecule has 5 heteroatoms. The summed E-state index contributed by atoms with van der Waals surface area (Å²) in [5.74, 6) is 3.25. The average molecular weight is 386 g/mol. The standard InChI is InChI=1S/C23H31NO4/c1-24(27-3)23(25)19-12-17-10-16(11-18(17)13-19)15-8-9-21(26-2)22(14-15)28-20-6-4-5-7-20/h8-9,12,14,16-18,20H,4-7,10-11,13H2,1-3H3/t16-,17+,18-/m0/s1. The number of fused-ring (bicyclic) bond motifs is 1. The molecule has 0 heterocycles. The second-order valence-electron chi connectivity index (χ2n) is 8.41. The molecular formula is C23H31NO4. The molecule has 0 aromatic heterocycles. The van der Waals surface area contributed by atoms with Crippen LogP contribution in [-0.4, -0.2) is 38.3 Å². The van der Waals surface area contributed by atoms with Crippen LogP contribution in [0.4, 0.5) is 0 Å². The molecule has 1 amide bonds. The monoisotopic (exact) mass is 385 g/mol. The third-order valence-electron chi connectivity index (χ3n) is 6.74. The molecular weight excluding hydrogens is 354 g/mol. The molecule has 1 aromatic carbocycles. The zero-order chi connectivity index (χ0) is 19.7. The molecule has 2 saturated carbocycles. The SMILES string of the molecule is COc1ccc([C@@H]2C[C@H]3CC(C(=O)N(C)OC)=C[C@H]3C2)cc1OC1CCCC1. The third kappa shape index (κ3) is 3.77. The number of amides is 1. The molecule has 1 aromatic rings. The highest BCUT2D eigenvalue weighted by Gasteiger charge is 2.40. The van der Waals surface area contributed by atoms with Gasteiger partial charge in [0.15, 0.2) is 11.5 Å². The molecule has 0 radical (unpaired) electrons. The molecule has 0 spiro atoms. The molecule has 0 aliphatic heterocycles. The number of allylic oxidation sites excluding steroid dienone is 1. The van der Waals surface area contributed by atoms with E-state index >= 15 is 0 Å². The smallest absolute Gasteiger partial charge is 0.272 e. The van der Waals surface area contributed by atoms with Gasteiger partial charge in [0.2, 0.25) is 0 Å². The summed E-state index contributed by atoms with van der Waals surface area (Å²) in [6.45, 7) is 0. The minimum atomic E-state index is -0.00912. The zero-order valence-corrected chi connectivity index (χ0v) is 17.1. The van der Waals surface area contributed by atoms with Crippen molar-refractivity contribution in [3.05, 3.63) is 35.4 Å². The number of ether oxygens (including phenoxy) is 2. The Kier molecular flexibility index (Phi) is 5.63. The summed E-state index contributed by atoms with van der Waals surface area (Å²) < 4.78 is 11.8. The first-order valence-electron chi connectivity index (χ1n) is 10.5. The lowest BCUT2D eigenvalue weighted by Gasteiger charge is -2.19. The Morgan fingerprint density at radius 2 is 1.89 bits per heavy atom. The molecule has 0 unspecified atom stereocenters. The highest BCUT2D eigenvalue weighted by Crippen LogP contribution is 2.50. The van der Waals surface area contributed by atoms with E-state index < -0.39 is 0 Å². The van der Waals surface area contributed by atoms with Crippen LogP contribution in [0.25, 0.3) is 0 Å². The van der Waals surface area contributed by atoms with Gasteiger partial charge in [-0.05, 0) is 80.4 Å². The number of rotatable bonds is 6. The number of likely N-dealkylation sites (N-methyl/N-ethyl adjacent to an activating group) is 1. The maximum atomic E-state index is 12.3. The van der Waals surface area contributed by atoms with Gasteiger partial charge in [0, 0.05) is 12.6 Å². The summed E-state index contributed by atoms with van der Waals surface area (Å²) in [5, 5.41) is 1.32. The van der Waals surface area contributed by atoms with Crippen molar-refractivity contribution in [3.63, 3.8) is 0 Å². The lowest BCUT2D eigenvalue weighted by atomic mass is 9.94. The number of hydrogen-bond acceptors (Lipinski definition) is 4. The van der Waals surface area contributed by atoms with Crippen molar-refractivity contribution in [2.75, 3.05) is 21.3 Å². The molecule has 3 atom stereocenters. The van der Waals surface area contributed by atoms with Crippen LogP contribution >= 0.6 is 0 Å². The van der Waals surface area contributed by atoms with Crippen molar-refractivity contribution < 1.29 is 19.1 Å². The van der Waals surface area contributed by atoms with Crippen LogP contribution in [0.3, 0.4) is 0 Å². The number of hydroxylamine groups is 2. The van der Waals surface area contributed by atoms with Crippen molar-refractivity contribution in [2.45, 2.75) is 57.0 Å². The highest BCUT2D eigenvalue weighted by atomic mass is 16.7. The minimum Gasteiger partial charge on any atom is -0.493 e. The number of carbonyl (C=O) groups excluding carboxylic acids is 1. The Labute approximate surface area is 167 Å². The number of nitrogens with zero attached hydrogens (tertiary/aromatic N) is 1. The largest absolute Gasteiger partial charge is 0.493 e. The van der Waals surface area contributed by atoms with Crippen molar-refractivity contribution in [3.8, 4) is 11.5 Å². The summed E-state index contributed by atoms with van der Waals surface area (Å²) in [6, 6.07) is 6.42. The van der Waals surface area contributed by atoms with E-state index in [2.05, 4.69) is 18.2 Å². The van der Waals surface area contributed by atoms with Crippen molar-refractivity contribution in [1.29, 1.82) is 0 Å². The predicted molar refractivity (Wildman–Crippen MR) is 107 cm³/mol. The molecule has 0 N–H and O–H groups in total. The third-order valence-corrected chi connectivity index (χ3v) is 6.74. The Balaban J connectivity index is 1.46. The van der Waals surface area contributed by atoms with Crippen molar-refractivity contribution >= 4 is 5.91 Å². The van der Waals surface area contributed by atoms with Crippen LogP contribution in [0, 0.1) is 11.8 Å². The number of methoxy groups -OCH3 is 1. The van der Waals surface area contributed by atoms with Crippen LogP contribution in [0.5, 0.6) is 11.5 Å². The molecule has 152 valence electrons. The van der Waals surface area contributed by atoms with Crippen LogP contribution in [0.15, 0.2) is 29.8 Å².